The molecule has 3 aromatic rings. The number of nitrogens with one attached hydrogen (secondary N) is 1. The van der Waals surface area contributed by atoms with Crippen molar-refractivity contribution >= 4 is 45.5 Å². The van der Waals surface area contributed by atoms with E-state index in [1.807, 2.05) is 48.7 Å². The molecule has 6 nitrogen and oxygen atoms in total. The lowest BCUT2D eigenvalue weighted by atomic mass is 10.1. The first-order valence-corrected chi connectivity index (χ1v) is 10.2. The van der Waals surface area contributed by atoms with E-state index in [2.05, 4.69) is 21.2 Å². The number of benzene rings is 2. The third-order valence-electron chi connectivity index (χ3n) is 5.05. The van der Waals surface area contributed by atoms with Crippen molar-refractivity contribution < 1.29 is 18.8 Å². The van der Waals surface area contributed by atoms with Crippen LogP contribution >= 0.6 is 15.9 Å². The van der Waals surface area contributed by atoms with Gasteiger partial charge < -0.3 is 4.57 Å². The van der Waals surface area contributed by atoms with Crippen LogP contribution in [0.3, 0.4) is 0 Å². The van der Waals surface area contributed by atoms with Gasteiger partial charge in [-0.05, 0) is 83.9 Å². The van der Waals surface area contributed by atoms with Gasteiger partial charge in [0.05, 0.1) is 11.4 Å². The van der Waals surface area contributed by atoms with Gasteiger partial charge in [-0.15, -0.1) is 0 Å². The van der Waals surface area contributed by atoms with E-state index < -0.39 is 23.7 Å². The number of aromatic nitrogens is 1. The van der Waals surface area contributed by atoms with Crippen LogP contribution in [0.2, 0.25) is 0 Å². The summed E-state index contributed by atoms with van der Waals surface area (Å²) in [4.78, 5) is 38.6. The van der Waals surface area contributed by atoms with Crippen LogP contribution in [0.4, 0.5) is 14.9 Å². The van der Waals surface area contributed by atoms with E-state index in [9.17, 15) is 18.8 Å². The Bertz CT molecular complexity index is 1260. The summed E-state index contributed by atoms with van der Waals surface area (Å²) in [6.45, 7) is 3.80. The number of hydrogen-bond donors (Lipinski definition) is 1. The van der Waals surface area contributed by atoms with Crippen LogP contribution in [-0.2, 0) is 9.59 Å². The van der Waals surface area contributed by atoms with E-state index in [1.165, 1.54) is 18.2 Å². The van der Waals surface area contributed by atoms with E-state index in [0.717, 1.165) is 38.6 Å². The molecule has 4 rings (SSSR count). The second-order valence-corrected chi connectivity index (χ2v) is 7.90. The highest BCUT2D eigenvalue weighted by atomic mass is 79.9. The number of amides is 4. The highest BCUT2D eigenvalue weighted by molar-refractivity contribution is 9.10. The summed E-state index contributed by atoms with van der Waals surface area (Å²) in [7, 11) is 0. The van der Waals surface area contributed by atoms with Gasteiger partial charge in [-0.3, -0.25) is 14.9 Å². The Morgan fingerprint density at radius 1 is 1.00 bits per heavy atom. The predicted molar refractivity (Wildman–Crippen MR) is 118 cm³/mol. The Hall–Kier alpha value is -3.52. The maximum atomic E-state index is 13.3. The van der Waals surface area contributed by atoms with Crippen molar-refractivity contribution in [3.63, 3.8) is 0 Å². The van der Waals surface area contributed by atoms with Gasteiger partial charge in [0.1, 0.15) is 11.4 Å². The Labute approximate surface area is 186 Å². The number of carbonyl (C=O) groups is 3. The predicted octanol–water partition coefficient (Wildman–Crippen LogP) is 4.66. The summed E-state index contributed by atoms with van der Waals surface area (Å²) in [5.74, 6) is -2.05. The fraction of sp³-hybridized carbons (Fsp3) is 0.0870. The molecule has 1 fully saturated rings. The smallest absolute Gasteiger partial charge is 0.317 e. The fourth-order valence-corrected chi connectivity index (χ4v) is 4.04. The number of nitrogens with zero attached hydrogens (tertiary/aromatic N) is 2. The number of para-hydroxylation sites is 1. The van der Waals surface area contributed by atoms with Crippen LogP contribution in [-0.4, -0.2) is 22.4 Å². The molecule has 1 aliphatic rings. The number of rotatable bonds is 3. The summed E-state index contributed by atoms with van der Waals surface area (Å²) < 4.78 is 16.2. The van der Waals surface area contributed by atoms with Crippen molar-refractivity contribution in [1.82, 2.24) is 9.88 Å². The van der Waals surface area contributed by atoms with Gasteiger partial charge in [-0.2, -0.15) is 0 Å². The highest BCUT2D eigenvalue weighted by Crippen LogP contribution is 2.29. The lowest BCUT2D eigenvalue weighted by molar-refractivity contribution is -0.122. The first kappa shape index (κ1) is 20.7. The molecule has 2 aromatic carbocycles. The van der Waals surface area contributed by atoms with Gasteiger partial charge in [-0.25, -0.2) is 14.1 Å². The first-order valence-electron chi connectivity index (χ1n) is 9.39. The Morgan fingerprint density at radius 2 is 1.68 bits per heavy atom. The average molecular weight is 482 g/mol. The van der Waals surface area contributed by atoms with E-state index in [0.29, 0.717) is 5.56 Å². The lowest BCUT2D eigenvalue weighted by Gasteiger charge is -2.26. The second kappa shape index (κ2) is 7.96. The topological polar surface area (TPSA) is 71.4 Å². The van der Waals surface area contributed by atoms with Crippen LogP contribution in [0.5, 0.6) is 0 Å². The molecule has 31 heavy (non-hydrogen) atoms. The molecule has 0 aliphatic carbocycles. The van der Waals surface area contributed by atoms with Crippen LogP contribution in [0, 0.1) is 19.7 Å². The van der Waals surface area contributed by atoms with E-state index in [1.54, 1.807) is 0 Å². The molecular weight excluding hydrogens is 465 g/mol. The Morgan fingerprint density at radius 3 is 2.35 bits per heavy atom. The number of halogens is 2. The van der Waals surface area contributed by atoms with Gasteiger partial charge >= 0.3 is 6.03 Å². The van der Waals surface area contributed by atoms with Gasteiger partial charge in [0, 0.05) is 15.9 Å². The minimum atomic E-state index is -0.877. The van der Waals surface area contributed by atoms with Gasteiger partial charge in [-0.1, -0.05) is 12.1 Å². The normalized spacial score (nSPS) is 15.5. The molecular formula is C23H17BrFN3O3. The van der Waals surface area contributed by atoms with Crippen LogP contribution in [0.1, 0.15) is 17.0 Å². The molecule has 2 heterocycles. The van der Waals surface area contributed by atoms with Gasteiger partial charge in [0.25, 0.3) is 11.8 Å². The second-order valence-electron chi connectivity index (χ2n) is 7.05. The van der Waals surface area contributed by atoms with E-state index in [4.69, 9.17) is 0 Å². The minimum absolute atomic E-state index is 0.168. The molecule has 8 heteroatoms. The maximum absolute atomic E-state index is 13.3. The summed E-state index contributed by atoms with van der Waals surface area (Å²) in [5.41, 5.74) is 3.30. The Kier molecular flexibility index (Phi) is 5.32. The first-order chi connectivity index (χ1) is 14.8. The largest absolute Gasteiger partial charge is 0.335 e. The molecule has 1 aliphatic heterocycles. The monoisotopic (exact) mass is 481 g/mol. The lowest BCUT2D eigenvalue weighted by Crippen LogP contribution is -2.54. The van der Waals surface area contributed by atoms with Crippen LogP contribution < -0.4 is 10.2 Å². The number of hydrogen-bond acceptors (Lipinski definition) is 3. The van der Waals surface area contributed by atoms with Gasteiger partial charge in [0.15, 0.2) is 0 Å². The summed E-state index contributed by atoms with van der Waals surface area (Å²) >= 11 is 3.55. The molecule has 0 atom stereocenters. The fourth-order valence-electron chi connectivity index (χ4n) is 3.58. The molecule has 4 amide bonds. The SMILES string of the molecule is Cc1cc(/C=C2\C(=O)NC(=O)N(c3ccc(F)cc3)C2=O)c(C)n1-c1ccccc1Br. The molecule has 1 saturated heterocycles. The number of barbiturate groups is 1. The van der Waals surface area contributed by atoms with Crippen LogP contribution in [0.15, 0.2) is 64.6 Å². The van der Waals surface area contributed by atoms with Crippen molar-refractivity contribution in [1.29, 1.82) is 0 Å². The van der Waals surface area contributed by atoms with Crippen LogP contribution in [0.25, 0.3) is 11.8 Å². The molecule has 0 saturated carbocycles. The zero-order valence-electron chi connectivity index (χ0n) is 16.6. The molecule has 1 N–H and O–H groups in total. The number of imide groups is 2. The number of urea groups is 1. The third-order valence-corrected chi connectivity index (χ3v) is 5.72. The van der Waals surface area contributed by atoms with E-state index in [-0.39, 0.29) is 11.3 Å². The number of carbonyl (C=O) groups excluding carboxylic acids is 3. The zero-order chi connectivity index (χ0) is 22.3. The third kappa shape index (κ3) is 3.70. The molecule has 0 spiro atoms. The quantitative estimate of drug-likeness (QED) is 0.436. The standard InChI is InChI=1S/C23H17BrFN3O3/c1-13-11-15(14(2)27(13)20-6-4-3-5-19(20)24)12-18-21(29)26-23(31)28(22(18)30)17-9-7-16(25)8-10-17/h3-12H,1-2H3,(H,26,29,31)/b18-12+. The summed E-state index contributed by atoms with van der Waals surface area (Å²) in [5, 5.41) is 2.18. The molecule has 156 valence electrons. The summed E-state index contributed by atoms with van der Waals surface area (Å²) in [6, 6.07) is 13.6. The molecule has 1 aromatic heterocycles. The molecule has 0 radical (unpaired) electrons. The van der Waals surface area contributed by atoms with Crippen molar-refractivity contribution in [2.24, 2.45) is 0 Å². The highest BCUT2D eigenvalue weighted by Gasteiger charge is 2.37. The number of anilines is 1. The summed E-state index contributed by atoms with van der Waals surface area (Å²) in [6.07, 6.45) is 1.47. The maximum Gasteiger partial charge on any atom is 0.335 e. The van der Waals surface area contributed by atoms with Crippen molar-refractivity contribution in [2.45, 2.75) is 13.8 Å². The minimum Gasteiger partial charge on any atom is -0.317 e. The van der Waals surface area contributed by atoms with Crippen molar-refractivity contribution in [2.75, 3.05) is 4.90 Å². The van der Waals surface area contributed by atoms with E-state index >= 15 is 0 Å². The molecule has 0 bridgehead atoms. The zero-order valence-corrected chi connectivity index (χ0v) is 18.2. The molecule has 0 unspecified atom stereocenters. The average Bonchev–Trinajstić information content (AvgIpc) is 3.00. The Balaban J connectivity index is 1.77. The number of aryl methyl sites for hydroxylation is 1. The van der Waals surface area contributed by atoms with Crippen molar-refractivity contribution in [3.05, 3.63) is 87.4 Å². The van der Waals surface area contributed by atoms with Gasteiger partial charge in [0.2, 0.25) is 0 Å². The van der Waals surface area contributed by atoms with Crippen molar-refractivity contribution in [3.8, 4) is 5.69 Å².